The quantitative estimate of drug-likeness (QED) is 0.244. The molecule has 170 valence electrons. The molecule has 1 aliphatic rings. The summed E-state index contributed by atoms with van der Waals surface area (Å²) >= 11 is 0. The molecule has 0 amide bonds. The summed E-state index contributed by atoms with van der Waals surface area (Å²) in [5.74, 6) is 0.666. The van der Waals surface area contributed by atoms with Crippen LogP contribution >= 0.6 is 0 Å². The maximum atomic E-state index is 2.38. The van der Waals surface area contributed by atoms with Crippen LogP contribution < -0.4 is 0 Å². The molecule has 5 aromatic rings. The first kappa shape index (κ1) is 21.6. The lowest BCUT2D eigenvalue weighted by atomic mass is 9.59. The third-order valence-electron chi connectivity index (χ3n) is 7.91. The molecule has 0 aromatic heterocycles. The van der Waals surface area contributed by atoms with Gasteiger partial charge in [-0.25, -0.2) is 0 Å². The fraction of sp³-hybridized carbons (Fsp3) is 0.143. The second-order valence-electron chi connectivity index (χ2n) is 9.71. The van der Waals surface area contributed by atoms with Crippen LogP contribution in [0.1, 0.15) is 45.2 Å². The minimum absolute atomic E-state index is 0.169. The van der Waals surface area contributed by atoms with Crippen LogP contribution in [0.25, 0.3) is 0 Å². The minimum atomic E-state index is -0.169. The van der Waals surface area contributed by atoms with Gasteiger partial charge in [0.25, 0.3) is 0 Å². The molecule has 0 heteroatoms. The Morgan fingerprint density at radius 1 is 0.371 bits per heavy atom. The van der Waals surface area contributed by atoms with E-state index in [0.29, 0.717) is 11.8 Å². The minimum Gasteiger partial charge on any atom is -0.0622 e. The Morgan fingerprint density at radius 2 is 0.686 bits per heavy atom. The van der Waals surface area contributed by atoms with Crippen molar-refractivity contribution in [3.05, 3.63) is 179 Å². The normalized spacial score (nSPS) is 18.2. The molecule has 1 aliphatic carbocycles. The zero-order chi connectivity index (χ0) is 23.5. The van der Waals surface area contributed by atoms with Gasteiger partial charge in [-0.3, -0.25) is 0 Å². The topological polar surface area (TPSA) is 0 Å². The smallest absolute Gasteiger partial charge is 0.0346 e. The molecule has 5 aromatic carbocycles. The van der Waals surface area contributed by atoms with Crippen molar-refractivity contribution >= 4 is 0 Å². The van der Waals surface area contributed by atoms with Crippen LogP contribution in [0.3, 0.4) is 0 Å². The fourth-order valence-electron chi connectivity index (χ4n) is 6.52. The van der Waals surface area contributed by atoms with Gasteiger partial charge in [-0.1, -0.05) is 146 Å². The van der Waals surface area contributed by atoms with Gasteiger partial charge in [0, 0.05) is 17.3 Å². The van der Waals surface area contributed by atoms with Crippen LogP contribution in [0.4, 0.5) is 0 Å². The molecule has 2 atom stereocenters. The Hall–Kier alpha value is -3.90. The zero-order valence-electron chi connectivity index (χ0n) is 19.9. The summed E-state index contributed by atoms with van der Waals surface area (Å²) < 4.78 is 0. The molecular formula is C35H30. The molecular weight excluding hydrogens is 420 g/mol. The second kappa shape index (κ2) is 9.39. The number of hydrogen-bond donors (Lipinski definition) is 0. The number of rotatable bonds is 6. The largest absolute Gasteiger partial charge is 0.0622 e. The lowest BCUT2D eigenvalue weighted by molar-refractivity contribution is 0.368. The Balaban J connectivity index is 1.64. The third-order valence-corrected chi connectivity index (χ3v) is 7.91. The zero-order valence-corrected chi connectivity index (χ0v) is 19.9. The maximum absolute atomic E-state index is 2.38. The van der Waals surface area contributed by atoms with Gasteiger partial charge in [-0.05, 0) is 46.2 Å². The van der Waals surface area contributed by atoms with Crippen molar-refractivity contribution in [2.45, 2.75) is 30.1 Å². The summed E-state index contributed by atoms with van der Waals surface area (Å²) in [6, 6.07) is 53.8. The fourth-order valence-corrected chi connectivity index (χ4v) is 6.52. The van der Waals surface area contributed by atoms with Gasteiger partial charge in [0.2, 0.25) is 0 Å². The highest BCUT2D eigenvalue weighted by Gasteiger charge is 2.54. The molecule has 35 heavy (non-hydrogen) atoms. The van der Waals surface area contributed by atoms with E-state index in [1.54, 1.807) is 0 Å². The van der Waals surface area contributed by atoms with Crippen molar-refractivity contribution in [1.82, 2.24) is 0 Å². The Bertz CT molecular complexity index is 1260. The number of benzene rings is 5. The molecule has 0 fully saturated rings. The van der Waals surface area contributed by atoms with E-state index in [-0.39, 0.29) is 5.41 Å². The van der Waals surface area contributed by atoms with Crippen LogP contribution in [0, 0.1) is 0 Å². The van der Waals surface area contributed by atoms with Gasteiger partial charge in [-0.15, -0.1) is 0 Å². The van der Waals surface area contributed by atoms with E-state index in [0.717, 1.165) is 12.8 Å². The van der Waals surface area contributed by atoms with E-state index in [4.69, 9.17) is 0 Å². The van der Waals surface area contributed by atoms with E-state index in [1.165, 1.54) is 33.4 Å². The van der Waals surface area contributed by atoms with E-state index >= 15 is 0 Å². The second-order valence-corrected chi connectivity index (χ2v) is 9.71. The van der Waals surface area contributed by atoms with E-state index < -0.39 is 0 Å². The van der Waals surface area contributed by atoms with Crippen molar-refractivity contribution in [2.24, 2.45) is 0 Å². The van der Waals surface area contributed by atoms with Crippen LogP contribution in [-0.2, 0) is 18.3 Å². The molecule has 0 saturated heterocycles. The number of hydrogen-bond acceptors (Lipinski definition) is 0. The first-order valence-corrected chi connectivity index (χ1v) is 12.6. The summed E-state index contributed by atoms with van der Waals surface area (Å²) in [5.41, 5.74) is 8.41. The van der Waals surface area contributed by atoms with Gasteiger partial charge in [0.1, 0.15) is 0 Å². The number of fused-ring (bicyclic) bond motifs is 1. The molecule has 0 radical (unpaired) electrons. The van der Waals surface area contributed by atoms with E-state index in [9.17, 15) is 0 Å². The van der Waals surface area contributed by atoms with Gasteiger partial charge >= 0.3 is 0 Å². The first-order chi connectivity index (χ1) is 17.4. The third kappa shape index (κ3) is 3.80. The van der Waals surface area contributed by atoms with Crippen LogP contribution in [0.15, 0.2) is 146 Å². The molecule has 0 spiro atoms. The van der Waals surface area contributed by atoms with E-state index in [2.05, 4.69) is 146 Å². The first-order valence-electron chi connectivity index (χ1n) is 12.6. The monoisotopic (exact) mass is 450 g/mol. The lowest BCUT2D eigenvalue weighted by Gasteiger charge is -2.43. The molecule has 0 N–H and O–H groups in total. The summed E-state index contributed by atoms with van der Waals surface area (Å²) in [7, 11) is 0. The highest BCUT2D eigenvalue weighted by atomic mass is 14.6. The summed E-state index contributed by atoms with van der Waals surface area (Å²) in [6.45, 7) is 0. The highest BCUT2D eigenvalue weighted by Crippen LogP contribution is 2.61. The van der Waals surface area contributed by atoms with Gasteiger partial charge < -0.3 is 0 Å². The van der Waals surface area contributed by atoms with Crippen molar-refractivity contribution in [1.29, 1.82) is 0 Å². The van der Waals surface area contributed by atoms with E-state index in [1.807, 2.05) is 0 Å². The molecule has 6 rings (SSSR count). The molecule has 0 aliphatic heterocycles. The standard InChI is InChI=1S/C35H30/c1-5-15-27(16-6-1)25-33-31-23-13-14-24-32(31)34(26-28-17-7-2-8-18-28)35(33,29-19-9-3-10-20-29)30-21-11-4-12-22-30/h1-24,33-34H,25-26H2. The SMILES string of the molecule is c1ccc(CC2c3ccccc3C(Cc3ccccc3)C2(c2ccccc2)c2ccccc2)cc1. The Kier molecular flexibility index (Phi) is 5.80. The Labute approximate surface area is 208 Å². The molecule has 0 nitrogen and oxygen atoms in total. The average molecular weight is 451 g/mol. The highest BCUT2D eigenvalue weighted by molar-refractivity contribution is 5.58. The maximum Gasteiger partial charge on any atom is 0.0346 e. The van der Waals surface area contributed by atoms with Crippen LogP contribution in [-0.4, -0.2) is 0 Å². The molecule has 2 unspecified atom stereocenters. The summed E-state index contributed by atoms with van der Waals surface area (Å²) in [4.78, 5) is 0. The predicted octanol–water partition coefficient (Wildman–Crippen LogP) is 8.34. The van der Waals surface area contributed by atoms with Crippen molar-refractivity contribution < 1.29 is 0 Å². The van der Waals surface area contributed by atoms with Crippen molar-refractivity contribution in [3.8, 4) is 0 Å². The van der Waals surface area contributed by atoms with Gasteiger partial charge in [0.05, 0.1) is 0 Å². The van der Waals surface area contributed by atoms with Gasteiger partial charge in [-0.2, -0.15) is 0 Å². The average Bonchev–Trinajstić information content (AvgIpc) is 3.21. The van der Waals surface area contributed by atoms with Crippen LogP contribution in [0.5, 0.6) is 0 Å². The van der Waals surface area contributed by atoms with Gasteiger partial charge in [0.15, 0.2) is 0 Å². The molecule has 0 heterocycles. The lowest BCUT2D eigenvalue weighted by Crippen LogP contribution is -2.38. The summed E-state index contributed by atoms with van der Waals surface area (Å²) in [6.07, 6.45) is 2.01. The molecule has 0 saturated carbocycles. The molecule has 0 bridgehead atoms. The van der Waals surface area contributed by atoms with Crippen LogP contribution in [0.2, 0.25) is 0 Å². The predicted molar refractivity (Wildman–Crippen MR) is 146 cm³/mol. The Morgan fingerprint density at radius 3 is 1.06 bits per heavy atom. The van der Waals surface area contributed by atoms with Crippen molar-refractivity contribution in [3.63, 3.8) is 0 Å². The van der Waals surface area contributed by atoms with Crippen molar-refractivity contribution in [2.75, 3.05) is 0 Å². The summed E-state index contributed by atoms with van der Waals surface area (Å²) in [5, 5.41) is 0.